The number of nitrogens with zero attached hydrogens (tertiary/aromatic N) is 1. The van der Waals surface area contributed by atoms with E-state index in [0.717, 1.165) is 18.2 Å². The number of Topliss-reactive ketones (excluding diaryl/α,β-unsaturated/α-hetero) is 1. The molecule has 0 saturated carbocycles. The van der Waals surface area contributed by atoms with Crippen LogP contribution in [0.15, 0.2) is 23.1 Å². The molecule has 2 rings (SSSR count). The van der Waals surface area contributed by atoms with Crippen molar-refractivity contribution in [2.24, 2.45) is 0 Å². The Kier molecular flexibility index (Phi) is 4.59. The van der Waals surface area contributed by atoms with E-state index < -0.39 is 34.1 Å². The molecule has 1 fully saturated rings. The monoisotopic (exact) mass is 301 g/mol. The highest BCUT2D eigenvalue weighted by Crippen LogP contribution is 2.15. The zero-order chi connectivity index (χ0) is 14.7. The minimum atomic E-state index is -1.94. The fraction of sp³-hybridized carbons (Fsp3) is 0.385. The van der Waals surface area contributed by atoms with Gasteiger partial charge in [-0.1, -0.05) is 0 Å². The third kappa shape index (κ3) is 3.47. The summed E-state index contributed by atoms with van der Waals surface area (Å²) in [6.07, 6.45) is 0.569. The highest BCUT2D eigenvalue weighted by atomic mass is 32.2. The zero-order valence-corrected chi connectivity index (χ0v) is 11.4. The molecule has 0 radical (unpaired) electrons. The van der Waals surface area contributed by atoms with Gasteiger partial charge in [0.05, 0.1) is 15.7 Å². The van der Waals surface area contributed by atoms with Crippen LogP contribution in [0, 0.1) is 11.6 Å². The number of hydrogen-bond acceptors (Lipinski definition) is 3. The number of likely N-dealkylation sites (tertiary alicyclic amines) is 1. The van der Waals surface area contributed by atoms with Gasteiger partial charge in [-0.25, -0.2) is 8.78 Å². The standard InChI is InChI=1S/C13H13F2NO3S/c14-9-1-2-11(15)12(7-9)20(19)8-13(18)16-5-3-10(17)4-6-16/h1-2,7H,3-6,8H2. The summed E-state index contributed by atoms with van der Waals surface area (Å²) >= 11 is 0. The summed E-state index contributed by atoms with van der Waals surface area (Å²) in [6, 6.07) is 2.64. The Morgan fingerprint density at radius 2 is 1.90 bits per heavy atom. The van der Waals surface area contributed by atoms with Crippen molar-refractivity contribution in [1.29, 1.82) is 0 Å². The van der Waals surface area contributed by atoms with Crippen LogP contribution in [0.1, 0.15) is 12.8 Å². The van der Waals surface area contributed by atoms with Crippen molar-refractivity contribution in [1.82, 2.24) is 4.90 Å². The predicted molar refractivity (Wildman–Crippen MR) is 68.5 cm³/mol. The lowest BCUT2D eigenvalue weighted by Crippen LogP contribution is -2.40. The number of rotatable bonds is 3. The largest absolute Gasteiger partial charge is 0.341 e. The topological polar surface area (TPSA) is 54.5 Å². The van der Waals surface area contributed by atoms with Gasteiger partial charge in [0.15, 0.2) is 0 Å². The molecule has 108 valence electrons. The lowest BCUT2D eigenvalue weighted by molar-refractivity contribution is -0.132. The molecule has 1 amide bonds. The van der Waals surface area contributed by atoms with Crippen molar-refractivity contribution in [3.63, 3.8) is 0 Å². The molecule has 0 spiro atoms. The van der Waals surface area contributed by atoms with Crippen LogP contribution in [0.25, 0.3) is 0 Å². The molecule has 1 heterocycles. The SMILES string of the molecule is O=C1CCN(C(=O)CS(=O)c2cc(F)ccc2F)CC1. The third-order valence-electron chi connectivity index (χ3n) is 3.07. The third-order valence-corrected chi connectivity index (χ3v) is 4.38. The summed E-state index contributed by atoms with van der Waals surface area (Å²) in [5.41, 5.74) is 0. The highest BCUT2D eigenvalue weighted by molar-refractivity contribution is 7.85. The first-order valence-corrected chi connectivity index (χ1v) is 7.42. The van der Waals surface area contributed by atoms with Gasteiger partial charge in [-0.2, -0.15) is 0 Å². The summed E-state index contributed by atoms with van der Waals surface area (Å²) < 4.78 is 38.4. The minimum absolute atomic E-state index is 0.0892. The number of piperidine rings is 1. The van der Waals surface area contributed by atoms with Crippen LogP contribution in [0.4, 0.5) is 8.78 Å². The summed E-state index contributed by atoms with van der Waals surface area (Å²) in [5.74, 6) is -2.24. The van der Waals surface area contributed by atoms with Gasteiger partial charge in [-0.05, 0) is 18.2 Å². The van der Waals surface area contributed by atoms with Crippen LogP contribution in [0.2, 0.25) is 0 Å². The van der Waals surface area contributed by atoms with Crippen LogP contribution in [0.3, 0.4) is 0 Å². The number of amides is 1. The van der Waals surface area contributed by atoms with E-state index in [4.69, 9.17) is 0 Å². The van der Waals surface area contributed by atoms with E-state index in [1.54, 1.807) is 0 Å². The van der Waals surface area contributed by atoms with Crippen molar-refractivity contribution in [3.05, 3.63) is 29.8 Å². The Labute approximate surface area is 117 Å². The molecule has 1 atom stereocenters. The fourth-order valence-electron chi connectivity index (χ4n) is 1.94. The van der Waals surface area contributed by atoms with Gasteiger partial charge in [0, 0.05) is 25.9 Å². The molecule has 1 aromatic rings. The highest BCUT2D eigenvalue weighted by Gasteiger charge is 2.23. The van der Waals surface area contributed by atoms with Crippen molar-refractivity contribution < 1.29 is 22.6 Å². The maximum atomic E-state index is 13.4. The van der Waals surface area contributed by atoms with E-state index >= 15 is 0 Å². The number of carbonyl (C=O) groups excluding carboxylic acids is 2. The van der Waals surface area contributed by atoms with Gasteiger partial charge in [0.25, 0.3) is 0 Å². The lowest BCUT2D eigenvalue weighted by atomic mass is 10.1. The molecule has 1 unspecified atom stereocenters. The Morgan fingerprint density at radius 3 is 2.55 bits per heavy atom. The van der Waals surface area contributed by atoms with E-state index in [2.05, 4.69) is 0 Å². The second-order valence-electron chi connectivity index (χ2n) is 4.48. The van der Waals surface area contributed by atoms with Gasteiger partial charge in [0.2, 0.25) is 5.91 Å². The molecule has 1 saturated heterocycles. The summed E-state index contributed by atoms with van der Waals surface area (Å²) in [6.45, 7) is 0.584. The van der Waals surface area contributed by atoms with Crippen molar-refractivity contribution in [3.8, 4) is 0 Å². The number of hydrogen-bond donors (Lipinski definition) is 0. The molecule has 4 nitrogen and oxygen atoms in total. The molecule has 0 aliphatic carbocycles. The van der Waals surface area contributed by atoms with Gasteiger partial charge in [-0.15, -0.1) is 0 Å². The van der Waals surface area contributed by atoms with Gasteiger partial charge in [0.1, 0.15) is 23.2 Å². The van der Waals surface area contributed by atoms with Crippen LogP contribution in [-0.2, 0) is 20.4 Å². The second-order valence-corrected chi connectivity index (χ2v) is 5.90. The Bertz CT molecular complexity index is 567. The molecule has 0 N–H and O–H groups in total. The molecular weight excluding hydrogens is 288 g/mol. The number of carbonyl (C=O) groups is 2. The Morgan fingerprint density at radius 1 is 1.25 bits per heavy atom. The average Bonchev–Trinajstić information content (AvgIpc) is 2.42. The van der Waals surface area contributed by atoms with E-state index in [-0.39, 0.29) is 23.5 Å². The molecule has 0 aromatic heterocycles. The van der Waals surface area contributed by atoms with Gasteiger partial charge >= 0.3 is 0 Å². The maximum Gasteiger partial charge on any atom is 0.235 e. The summed E-state index contributed by atoms with van der Waals surface area (Å²) in [7, 11) is -1.94. The first-order chi connectivity index (χ1) is 9.47. The molecular formula is C13H13F2NO3S. The smallest absolute Gasteiger partial charge is 0.235 e. The quantitative estimate of drug-likeness (QED) is 0.844. The fourth-order valence-corrected chi connectivity index (χ4v) is 3.03. The van der Waals surface area contributed by atoms with Gasteiger partial charge in [-0.3, -0.25) is 13.8 Å². The summed E-state index contributed by atoms with van der Waals surface area (Å²) in [4.78, 5) is 24.1. The molecule has 1 aliphatic heterocycles. The first kappa shape index (κ1) is 14.8. The molecule has 7 heteroatoms. The minimum Gasteiger partial charge on any atom is -0.341 e. The summed E-state index contributed by atoms with van der Waals surface area (Å²) in [5, 5.41) is 0. The van der Waals surface area contributed by atoms with Crippen molar-refractivity contribution in [2.75, 3.05) is 18.8 Å². The zero-order valence-electron chi connectivity index (χ0n) is 10.6. The van der Waals surface area contributed by atoms with Crippen molar-refractivity contribution in [2.45, 2.75) is 17.7 Å². The lowest BCUT2D eigenvalue weighted by Gasteiger charge is -2.25. The molecule has 1 aliphatic rings. The number of halogens is 2. The normalized spacial score (nSPS) is 17.1. The van der Waals surface area contributed by atoms with Crippen LogP contribution in [-0.4, -0.2) is 39.6 Å². The van der Waals surface area contributed by atoms with Gasteiger partial charge < -0.3 is 4.90 Å². The predicted octanol–water partition coefficient (Wildman–Crippen LogP) is 1.26. The average molecular weight is 301 g/mol. The van der Waals surface area contributed by atoms with E-state index in [9.17, 15) is 22.6 Å². The number of benzene rings is 1. The Balaban J connectivity index is 2.02. The molecule has 0 bridgehead atoms. The number of ketones is 1. The van der Waals surface area contributed by atoms with Crippen molar-refractivity contribution >= 4 is 22.5 Å². The second kappa shape index (κ2) is 6.21. The van der Waals surface area contributed by atoms with E-state index in [1.165, 1.54) is 4.90 Å². The van der Waals surface area contributed by atoms with Crippen LogP contribution < -0.4 is 0 Å². The van der Waals surface area contributed by atoms with Crippen LogP contribution >= 0.6 is 0 Å². The molecule has 20 heavy (non-hydrogen) atoms. The first-order valence-electron chi connectivity index (χ1n) is 6.10. The van der Waals surface area contributed by atoms with Crippen LogP contribution in [0.5, 0.6) is 0 Å². The maximum absolute atomic E-state index is 13.4. The molecule has 1 aromatic carbocycles. The Hall–Kier alpha value is -1.63. The van der Waals surface area contributed by atoms with E-state index in [1.807, 2.05) is 0 Å². The van der Waals surface area contributed by atoms with E-state index in [0.29, 0.717) is 13.1 Å².